The molecule has 5 nitrogen and oxygen atoms in total. The van der Waals surface area contributed by atoms with Crippen LogP contribution in [0.15, 0.2) is 107 Å². The largest absolute Gasteiger partial charge is 0.495 e. The second kappa shape index (κ2) is 18.6. The molecule has 1 aliphatic carbocycles. The molecule has 228 valence electrons. The van der Waals surface area contributed by atoms with Crippen LogP contribution in [0.4, 0.5) is 4.39 Å². The van der Waals surface area contributed by atoms with Gasteiger partial charge in [0.05, 0.1) is 12.8 Å². The molecule has 6 heteroatoms. The summed E-state index contributed by atoms with van der Waals surface area (Å²) in [5, 5.41) is 2.70. The summed E-state index contributed by atoms with van der Waals surface area (Å²) in [5.41, 5.74) is 7.15. The Morgan fingerprint density at radius 1 is 1.10 bits per heavy atom. The molecule has 0 saturated carbocycles. The number of piperidine rings is 1. The lowest BCUT2D eigenvalue weighted by atomic mass is 9.89. The van der Waals surface area contributed by atoms with Crippen LogP contribution in [0, 0.1) is 5.82 Å². The van der Waals surface area contributed by atoms with Crippen LogP contribution in [0.2, 0.25) is 0 Å². The van der Waals surface area contributed by atoms with Crippen molar-refractivity contribution >= 4 is 6.41 Å². The summed E-state index contributed by atoms with van der Waals surface area (Å²) in [7, 11) is 1.67. The molecular weight excluding hydrogens is 525 g/mol. The minimum absolute atomic E-state index is 0.168. The van der Waals surface area contributed by atoms with Crippen LogP contribution in [0.1, 0.15) is 78.2 Å². The minimum Gasteiger partial charge on any atom is -0.495 e. The van der Waals surface area contributed by atoms with E-state index in [1.165, 1.54) is 29.0 Å². The highest BCUT2D eigenvalue weighted by Crippen LogP contribution is 2.31. The molecule has 0 bridgehead atoms. The number of hydrogen-bond acceptors (Lipinski definition) is 4. The Labute approximate surface area is 253 Å². The summed E-state index contributed by atoms with van der Waals surface area (Å²) in [6.45, 7) is 17.3. The van der Waals surface area contributed by atoms with Crippen molar-refractivity contribution < 1.29 is 13.9 Å². The fraction of sp³-hybridized carbons (Fsp3) is 0.417. The number of hydrogen-bond donors (Lipinski definition) is 1. The molecule has 1 fully saturated rings. The molecule has 1 N–H and O–H groups in total. The summed E-state index contributed by atoms with van der Waals surface area (Å²) < 4.78 is 18.3. The number of allylic oxidation sites excluding steroid dienone is 7. The number of halogens is 1. The average molecular weight is 576 g/mol. The van der Waals surface area contributed by atoms with Crippen molar-refractivity contribution in [3.05, 3.63) is 119 Å². The van der Waals surface area contributed by atoms with Gasteiger partial charge in [0, 0.05) is 43.6 Å². The molecule has 1 aromatic carbocycles. The van der Waals surface area contributed by atoms with E-state index in [0.717, 1.165) is 62.2 Å². The molecule has 42 heavy (non-hydrogen) atoms. The summed E-state index contributed by atoms with van der Waals surface area (Å²) in [5.74, 6) is 1.17. The van der Waals surface area contributed by atoms with E-state index in [4.69, 9.17) is 4.74 Å². The quantitative estimate of drug-likeness (QED) is 0.316. The van der Waals surface area contributed by atoms with Crippen molar-refractivity contribution in [1.82, 2.24) is 15.1 Å². The zero-order valence-electron chi connectivity index (χ0n) is 26.5. The van der Waals surface area contributed by atoms with Gasteiger partial charge in [0.25, 0.3) is 0 Å². The Morgan fingerprint density at radius 2 is 1.76 bits per heavy atom. The number of benzene rings is 1. The maximum Gasteiger partial charge on any atom is 0.207 e. The first kappa shape index (κ1) is 34.4. The van der Waals surface area contributed by atoms with Crippen LogP contribution in [-0.2, 0) is 9.53 Å². The molecule has 3 aliphatic rings. The van der Waals surface area contributed by atoms with E-state index >= 15 is 0 Å². The van der Waals surface area contributed by atoms with Gasteiger partial charge >= 0.3 is 0 Å². The van der Waals surface area contributed by atoms with Gasteiger partial charge in [-0.25, -0.2) is 4.39 Å². The number of carbonyl (C=O) groups is 1. The zero-order chi connectivity index (χ0) is 30.9. The summed E-state index contributed by atoms with van der Waals surface area (Å²) in [6, 6.07) is 6.94. The molecule has 1 saturated heterocycles. The molecule has 1 amide bonds. The Morgan fingerprint density at radius 3 is 2.36 bits per heavy atom. The van der Waals surface area contributed by atoms with Crippen LogP contribution >= 0.6 is 0 Å². The van der Waals surface area contributed by atoms with Gasteiger partial charge in [-0.1, -0.05) is 69.7 Å². The summed E-state index contributed by atoms with van der Waals surface area (Å²) in [4.78, 5) is 14.9. The lowest BCUT2D eigenvalue weighted by molar-refractivity contribution is -0.109. The SMILES string of the molecule is C=C1C(OC)=CC=CN1/C(C)=C(\C)CC.CCC.O=CNCC1=CC=C(N2CCC(c3ccc(F)cc3)CC2)CC=C1. The van der Waals surface area contributed by atoms with E-state index in [0.29, 0.717) is 12.5 Å². The molecule has 0 unspecified atom stereocenters. The first-order valence-corrected chi connectivity index (χ1v) is 15.1. The van der Waals surface area contributed by atoms with Crippen LogP contribution in [-0.4, -0.2) is 43.0 Å². The second-order valence-corrected chi connectivity index (χ2v) is 10.6. The molecule has 4 rings (SSSR count). The lowest BCUT2D eigenvalue weighted by Gasteiger charge is -2.35. The van der Waals surface area contributed by atoms with Crippen LogP contribution < -0.4 is 5.32 Å². The fourth-order valence-electron chi connectivity index (χ4n) is 4.89. The number of methoxy groups -OCH3 is 1. The predicted molar refractivity (Wildman–Crippen MR) is 174 cm³/mol. The number of ether oxygens (including phenoxy) is 1. The maximum absolute atomic E-state index is 13.1. The van der Waals surface area contributed by atoms with Crippen molar-refractivity contribution in [2.45, 2.75) is 72.6 Å². The monoisotopic (exact) mass is 575 g/mol. The highest BCUT2D eigenvalue weighted by atomic mass is 19.1. The van der Waals surface area contributed by atoms with Gasteiger partial charge in [0.2, 0.25) is 6.41 Å². The number of rotatable bonds is 8. The van der Waals surface area contributed by atoms with E-state index in [1.807, 2.05) is 30.5 Å². The molecule has 2 aliphatic heterocycles. The third-order valence-corrected chi connectivity index (χ3v) is 7.57. The standard InChI is InChI=1S/C20H23FN2O.C13H19NO.C3H8/c21-19-7-5-17(6-8-19)18-10-12-23(13-11-18)20-3-1-2-16(4-9-20)14-22-15-24;1-6-10(2)11(3)14-9-7-8-13(15-5)12(14)4;1-3-2/h1-2,4-9,15,18H,3,10-14H2,(H,22,24);7-9H,4,6H2,1-3,5H3;3H2,1-2H3/b;11-10+;. The Balaban J connectivity index is 0.000000294. The molecule has 0 spiro atoms. The van der Waals surface area contributed by atoms with Gasteiger partial charge in [0.15, 0.2) is 0 Å². The van der Waals surface area contributed by atoms with Crippen molar-refractivity contribution in [1.29, 1.82) is 0 Å². The van der Waals surface area contributed by atoms with E-state index in [-0.39, 0.29) is 5.82 Å². The molecule has 2 heterocycles. The third-order valence-electron chi connectivity index (χ3n) is 7.57. The van der Waals surface area contributed by atoms with Crippen LogP contribution in [0.25, 0.3) is 0 Å². The Hall–Kier alpha value is -3.80. The number of nitrogens with zero attached hydrogens (tertiary/aromatic N) is 2. The van der Waals surface area contributed by atoms with Crippen LogP contribution in [0.3, 0.4) is 0 Å². The van der Waals surface area contributed by atoms with E-state index in [9.17, 15) is 9.18 Å². The normalized spacial score (nSPS) is 17.3. The molecule has 0 aromatic heterocycles. The second-order valence-electron chi connectivity index (χ2n) is 10.6. The smallest absolute Gasteiger partial charge is 0.207 e. The number of carbonyl (C=O) groups excluding carboxylic acids is 1. The van der Waals surface area contributed by atoms with E-state index in [1.54, 1.807) is 19.2 Å². The van der Waals surface area contributed by atoms with Gasteiger partial charge in [-0.2, -0.15) is 0 Å². The number of likely N-dealkylation sites (tertiary alicyclic amines) is 1. The van der Waals surface area contributed by atoms with Gasteiger partial charge in [-0.05, 0) is 80.5 Å². The summed E-state index contributed by atoms with van der Waals surface area (Å²) >= 11 is 0. The van der Waals surface area contributed by atoms with Crippen molar-refractivity contribution in [3.8, 4) is 0 Å². The topological polar surface area (TPSA) is 44.8 Å². The maximum atomic E-state index is 13.1. The zero-order valence-corrected chi connectivity index (χ0v) is 26.5. The number of amides is 1. The minimum atomic E-state index is -0.168. The average Bonchev–Trinajstić information content (AvgIpc) is 3.26. The first-order chi connectivity index (χ1) is 20.3. The van der Waals surface area contributed by atoms with Crippen molar-refractivity contribution in [2.75, 3.05) is 26.7 Å². The molecular formula is C36H50FN3O2. The highest BCUT2D eigenvalue weighted by Gasteiger charge is 2.22. The van der Waals surface area contributed by atoms with Crippen molar-refractivity contribution in [2.24, 2.45) is 0 Å². The molecule has 0 radical (unpaired) electrons. The van der Waals surface area contributed by atoms with Gasteiger partial charge in [-0.15, -0.1) is 0 Å². The Bertz CT molecular complexity index is 1200. The number of nitrogens with one attached hydrogen (secondary N) is 1. The third kappa shape index (κ3) is 10.6. The van der Waals surface area contributed by atoms with E-state index < -0.39 is 0 Å². The van der Waals surface area contributed by atoms with Gasteiger partial charge in [-0.3, -0.25) is 4.79 Å². The fourth-order valence-corrected chi connectivity index (χ4v) is 4.89. The van der Waals surface area contributed by atoms with Gasteiger partial charge in [0.1, 0.15) is 11.6 Å². The van der Waals surface area contributed by atoms with Crippen LogP contribution in [0.5, 0.6) is 0 Å². The lowest BCUT2D eigenvalue weighted by Crippen LogP contribution is -2.32. The molecule has 1 aromatic rings. The first-order valence-electron chi connectivity index (χ1n) is 15.1. The predicted octanol–water partition coefficient (Wildman–Crippen LogP) is 8.50. The van der Waals surface area contributed by atoms with E-state index in [2.05, 4.69) is 80.6 Å². The van der Waals surface area contributed by atoms with Gasteiger partial charge < -0.3 is 19.9 Å². The Kier molecular flexibility index (Phi) is 15.2. The highest BCUT2D eigenvalue weighted by molar-refractivity contribution is 5.48. The summed E-state index contributed by atoms with van der Waals surface area (Å²) in [6.07, 6.45) is 20.5. The van der Waals surface area contributed by atoms with Crippen molar-refractivity contribution in [3.63, 3.8) is 0 Å². The molecule has 0 atom stereocenters.